The number of aryl methyl sites for hydroxylation is 1. The van der Waals surface area contributed by atoms with Gasteiger partial charge in [-0.1, -0.05) is 85.8 Å². The molecule has 0 spiro atoms. The zero-order chi connectivity index (χ0) is 20.4. The maximum Gasteiger partial charge on any atom is 0.260 e. The molecular formula is C25H24N2OS. The van der Waals surface area contributed by atoms with Crippen molar-refractivity contribution in [3.8, 4) is 0 Å². The minimum Gasteiger partial charge on any atom is -0.279 e. The minimum absolute atomic E-state index is 0.0166. The fraction of sp³-hybridized carbons (Fsp3) is 0.200. The summed E-state index contributed by atoms with van der Waals surface area (Å²) in [5.41, 5.74) is 4.98. The maximum absolute atomic E-state index is 13.6. The number of rotatable bonds is 5. The molecule has 0 saturated carbocycles. The number of carbonyl (C=O) groups excluding carboxylic acids is 1. The van der Waals surface area contributed by atoms with Gasteiger partial charge in [0, 0.05) is 5.56 Å². The van der Waals surface area contributed by atoms with E-state index in [0.29, 0.717) is 18.0 Å². The van der Waals surface area contributed by atoms with E-state index < -0.39 is 0 Å². The zero-order valence-corrected chi connectivity index (χ0v) is 17.7. The lowest BCUT2D eigenvalue weighted by molar-refractivity contribution is 0.0984. The number of para-hydroxylation sites is 1. The second-order valence-corrected chi connectivity index (χ2v) is 8.55. The second kappa shape index (κ2) is 8.18. The molecule has 0 atom stereocenters. The molecule has 0 bridgehead atoms. The standard InChI is InChI=1S/C25H24N2OS/c1-17(2)20-14-9-15-22-23(20)26-25(29-22)27(16-19-11-5-4-6-12-19)24(28)21-13-8-7-10-18(21)3/h4-15,17H,16H2,1-3H3. The predicted octanol–water partition coefficient (Wildman–Crippen LogP) is 6.58. The summed E-state index contributed by atoms with van der Waals surface area (Å²) in [6.45, 7) is 6.82. The maximum atomic E-state index is 13.6. The Labute approximate surface area is 175 Å². The fourth-order valence-electron chi connectivity index (χ4n) is 3.49. The smallest absolute Gasteiger partial charge is 0.260 e. The van der Waals surface area contributed by atoms with Gasteiger partial charge in [-0.15, -0.1) is 0 Å². The molecule has 4 rings (SSSR count). The van der Waals surface area contributed by atoms with E-state index in [2.05, 4.69) is 32.0 Å². The van der Waals surface area contributed by atoms with Gasteiger partial charge in [-0.3, -0.25) is 9.69 Å². The van der Waals surface area contributed by atoms with E-state index in [1.807, 2.05) is 66.4 Å². The topological polar surface area (TPSA) is 33.2 Å². The highest BCUT2D eigenvalue weighted by Crippen LogP contribution is 2.35. The van der Waals surface area contributed by atoms with Crippen molar-refractivity contribution in [2.75, 3.05) is 4.90 Å². The van der Waals surface area contributed by atoms with Crippen LogP contribution in [0.5, 0.6) is 0 Å². The van der Waals surface area contributed by atoms with Gasteiger partial charge in [0.05, 0.1) is 16.8 Å². The van der Waals surface area contributed by atoms with Crippen LogP contribution in [0, 0.1) is 6.92 Å². The van der Waals surface area contributed by atoms with Crippen molar-refractivity contribution in [1.29, 1.82) is 0 Å². The highest BCUT2D eigenvalue weighted by Gasteiger charge is 2.23. The van der Waals surface area contributed by atoms with Gasteiger partial charge >= 0.3 is 0 Å². The molecule has 4 aromatic rings. The molecule has 3 aromatic carbocycles. The molecule has 0 radical (unpaired) electrons. The molecule has 1 aromatic heterocycles. The number of benzene rings is 3. The predicted molar refractivity (Wildman–Crippen MR) is 122 cm³/mol. The van der Waals surface area contributed by atoms with E-state index in [1.54, 1.807) is 11.3 Å². The first kappa shape index (κ1) is 19.3. The van der Waals surface area contributed by atoms with Crippen molar-refractivity contribution in [3.05, 3.63) is 95.1 Å². The molecule has 29 heavy (non-hydrogen) atoms. The molecule has 146 valence electrons. The summed E-state index contributed by atoms with van der Waals surface area (Å²) in [6, 6.07) is 24.1. The van der Waals surface area contributed by atoms with E-state index >= 15 is 0 Å². The van der Waals surface area contributed by atoms with Crippen LogP contribution in [-0.2, 0) is 6.54 Å². The van der Waals surface area contributed by atoms with Crippen LogP contribution in [-0.4, -0.2) is 10.9 Å². The first-order valence-corrected chi connectivity index (χ1v) is 10.7. The Morgan fingerprint density at radius 2 is 1.69 bits per heavy atom. The number of hydrogen-bond donors (Lipinski definition) is 0. The van der Waals surface area contributed by atoms with E-state index in [9.17, 15) is 4.79 Å². The number of fused-ring (bicyclic) bond motifs is 1. The molecule has 0 fully saturated rings. The zero-order valence-electron chi connectivity index (χ0n) is 16.9. The Balaban J connectivity index is 1.82. The fourth-order valence-corrected chi connectivity index (χ4v) is 4.49. The van der Waals surface area contributed by atoms with E-state index in [0.717, 1.165) is 26.5 Å². The summed E-state index contributed by atoms with van der Waals surface area (Å²) >= 11 is 1.58. The molecule has 0 unspecified atom stereocenters. The Hall–Kier alpha value is -2.98. The molecule has 0 aliphatic carbocycles. The number of hydrogen-bond acceptors (Lipinski definition) is 3. The van der Waals surface area contributed by atoms with Gasteiger partial charge in [-0.2, -0.15) is 0 Å². The molecule has 0 aliphatic heterocycles. The number of nitrogens with zero attached hydrogens (tertiary/aromatic N) is 2. The van der Waals surface area contributed by atoms with Gasteiger partial charge in [0.1, 0.15) is 0 Å². The third-order valence-corrected chi connectivity index (χ3v) is 6.14. The van der Waals surface area contributed by atoms with Crippen molar-refractivity contribution in [1.82, 2.24) is 4.98 Å². The lowest BCUT2D eigenvalue weighted by Gasteiger charge is -2.21. The number of aromatic nitrogens is 1. The molecule has 1 amide bonds. The first-order valence-electron chi connectivity index (χ1n) is 9.85. The lowest BCUT2D eigenvalue weighted by Crippen LogP contribution is -2.30. The average molecular weight is 401 g/mol. The van der Waals surface area contributed by atoms with Crippen molar-refractivity contribution >= 4 is 32.6 Å². The number of carbonyl (C=O) groups is 1. The van der Waals surface area contributed by atoms with Crippen molar-refractivity contribution in [2.45, 2.75) is 33.2 Å². The summed E-state index contributed by atoms with van der Waals surface area (Å²) in [4.78, 5) is 20.3. The average Bonchev–Trinajstić information content (AvgIpc) is 3.16. The van der Waals surface area contributed by atoms with Crippen LogP contribution in [0.15, 0.2) is 72.8 Å². The largest absolute Gasteiger partial charge is 0.279 e. The van der Waals surface area contributed by atoms with Crippen LogP contribution < -0.4 is 4.90 Å². The van der Waals surface area contributed by atoms with Gasteiger partial charge in [0.2, 0.25) is 0 Å². The van der Waals surface area contributed by atoms with Crippen LogP contribution in [0.2, 0.25) is 0 Å². The van der Waals surface area contributed by atoms with E-state index in [4.69, 9.17) is 4.98 Å². The lowest BCUT2D eigenvalue weighted by atomic mass is 10.0. The first-order chi connectivity index (χ1) is 14.0. The van der Waals surface area contributed by atoms with Gasteiger partial charge in [-0.05, 0) is 41.7 Å². The molecule has 0 saturated heterocycles. The Morgan fingerprint density at radius 3 is 2.41 bits per heavy atom. The second-order valence-electron chi connectivity index (χ2n) is 7.54. The third-order valence-electron chi connectivity index (χ3n) is 5.10. The van der Waals surface area contributed by atoms with Crippen molar-refractivity contribution in [2.24, 2.45) is 0 Å². The Morgan fingerprint density at radius 1 is 0.966 bits per heavy atom. The number of thiazole rings is 1. The Kier molecular flexibility index (Phi) is 5.45. The van der Waals surface area contributed by atoms with Crippen LogP contribution in [0.1, 0.15) is 46.8 Å². The molecular weight excluding hydrogens is 376 g/mol. The van der Waals surface area contributed by atoms with Crippen LogP contribution in [0.3, 0.4) is 0 Å². The summed E-state index contributed by atoms with van der Waals surface area (Å²) in [6.07, 6.45) is 0. The highest BCUT2D eigenvalue weighted by atomic mass is 32.1. The summed E-state index contributed by atoms with van der Waals surface area (Å²) < 4.78 is 1.11. The van der Waals surface area contributed by atoms with Crippen LogP contribution in [0.4, 0.5) is 5.13 Å². The minimum atomic E-state index is -0.0166. The van der Waals surface area contributed by atoms with Crippen LogP contribution >= 0.6 is 11.3 Å². The van der Waals surface area contributed by atoms with Gasteiger partial charge in [-0.25, -0.2) is 4.98 Å². The van der Waals surface area contributed by atoms with Gasteiger partial charge in [0.25, 0.3) is 5.91 Å². The SMILES string of the molecule is Cc1ccccc1C(=O)N(Cc1ccccc1)c1nc2c(C(C)C)cccc2s1. The van der Waals surface area contributed by atoms with Crippen molar-refractivity contribution in [3.63, 3.8) is 0 Å². The molecule has 0 aliphatic rings. The Bertz CT molecular complexity index is 1150. The molecule has 3 nitrogen and oxygen atoms in total. The number of anilines is 1. The van der Waals surface area contributed by atoms with Gasteiger partial charge in [0.15, 0.2) is 5.13 Å². The molecule has 0 N–H and O–H groups in total. The summed E-state index contributed by atoms with van der Waals surface area (Å²) in [5.74, 6) is 0.361. The van der Waals surface area contributed by atoms with E-state index in [1.165, 1.54) is 5.56 Å². The van der Waals surface area contributed by atoms with E-state index in [-0.39, 0.29) is 5.91 Å². The van der Waals surface area contributed by atoms with Crippen LogP contribution in [0.25, 0.3) is 10.2 Å². The third kappa shape index (κ3) is 3.94. The summed E-state index contributed by atoms with van der Waals surface area (Å²) in [7, 11) is 0. The van der Waals surface area contributed by atoms with Crippen molar-refractivity contribution < 1.29 is 4.79 Å². The normalized spacial score (nSPS) is 11.2. The molecule has 1 heterocycles. The summed E-state index contributed by atoms with van der Waals surface area (Å²) in [5, 5.41) is 0.741. The number of amides is 1. The quantitative estimate of drug-likeness (QED) is 0.379. The monoisotopic (exact) mass is 400 g/mol. The molecule has 4 heteroatoms. The highest BCUT2D eigenvalue weighted by molar-refractivity contribution is 7.22. The van der Waals surface area contributed by atoms with Gasteiger partial charge < -0.3 is 0 Å².